The first-order valence-electron chi connectivity index (χ1n) is 1.85. The van der Waals surface area contributed by atoms with Crippen molar-refractivity contribution in [3.05, 3.63) is 24.3 Å². The number of aromatic nitrogens is 1. The molecular weight excluding hydrogens is 72.9 g/mol. The zero-order chi connectivity index (χ0) is 4.24. The zero-order valence-electron chi connectivity index (χ0n) is 3.33. The van der Waals surface area contributed by atoms with Crippen LogP contribution in [0.3, 0.4) is 0 Å². The van der Waals surface area contributed by atoms with Gasteiger partial charge in [0.25, 0.3) is 0 Å². The number of hydrogen-bond donors (Lipinski definition) is 0. The van der Waals surface area contributed by atoms with E-state index in [0.717, 1.165) is 0 Å². The van der Waals surface area contributed by atoms with E-state index in [-0.39, 0.29) is 0 Å². The topological polar surface area (TPSA) is 12.9 Å². The van der Waals surface area contributed by atoms with E-state index >= 15 is 0 Å². The Balaban J connectivity index is 3.00. The Morgan fingerprint density at radius 2 is 2.50 bits per heavy atom. The summed E-state index contributed by atoms with van der Waals surface area (Å²) < 4.78 is 0. The van der Waals surface area contributed by atoms with Gasteiger partial charge in [-0.3, -0.25) is 0 Å². The van der Waals surface area contributed by atoms with Crippen molar-refractivity contribution in [1.29, 1.82) is 0 Å². The van der Waals surface area contributed by atoms with Crippen molar-refractivity contribution in [2.75, 3.05) is 0 Å². The summed E-state index contributed by atoms with van der Waals surface area (Å²) in [7, 11) is 0. The molecule has 1 heterocycles. The normalized spacial score (nSPS) is 7.33. The summed E-state index contributed by atoms with van der Waals surface area (Å²) in [5, 5.41) is 0. The van der Waals surface area contributed by atoms with Crippen molar-refractivity contribution < 1.29 is 0 Å². The maximum atomic E-state index is 3.78. The van der Waals surface area contributed by atoms with Crippen LogP contribution >= 0.6 is 0 Å². The third-order valence-electron chi connectivity index (χ3n) is 0.566. The fourth-order valence-electron chi connectivity index (χ4n) is 0.313. The van der Waals surface area contributed by atoms with Gasteiger partial charge >= 0.3 is 36.2 Å². The van der Waals surface area contributed by atoms with Crippen LogP contribution in [0.2, 0.25) is 0 Å². The Hall–Kier alpha value is -0.655. The van der Waals surface area contributed by atoms with Gasteiger partial charge in [0, 0.05) is 0 Å². The molecule has 1 aromatic rings. The van der Waals surface area contributed by atoms with E-state index in [1.165, 1.54) is 0 Å². The summed E-state index contributed by atoms with van der Waals surface area (Å²) in [6, 6.07) is 1.89. The number of rotatable bonds is 0. The van der Waals surface area contributed by atoms with Gasteiger partial charge in [-0.05, 0) is 0 Å². The van der Waals surface area contributed by atoms with Gasteiger partial charge in [-0.1, -0.05) is 0 Å². The Morgan fingerprint density at radius 1 is 1.50 bits per heavy atom. The molecule has 0 aliphatic rings. The molecule has 0 fully saturated rings. The second kappa shape index (κ2) is 1.70. The molecule has 0 bridgehead atoms. The second-order valence-electron chi connectivity index (χ2n) is 1.02. The minimum atomic E-state index is 1.75. The van der Waals surface area contributed by atoms with Gasteiger partial charge in [0.1, 0.15) is 0 Å². The monoisotopic (exact) mass is 77.0 g/mol. The van der Waals surface area contributed by atoms with Crippen LogP contribution in [0, 0.1) is 0 Å². The summed E-state index contributed by atoms with van der Waals surface area (Å²) >= 11 is 0. The predicted octanol–water partition coefficient (Wildman–Crippen LogP) is 0.420. The quantitative estimate of drug-likeness (QED) is 0.437. The molecule has 0 amide bonds. The van der Waals surface area contributed by atoms with E-state index in [1.807, 2.05) is 18.9 Å². The van der Waals surface area contributed by atoms with Crippen molar-refractivity contribution in [3.63, 3.8) is 0 Å². The van der Waals surface area contributed by atoms with Crippen LogP contribution in [-0.2, 0) is 0 Å². The first-order valence-corrected chi connectivity index (χ1v) is 1.85. The van der Waals surface area contributed by atoms with Crippen LogP contribution < -0.4 is 0 Å². The van der Waals surface area contributed by atoms with Crippen LogP contribution in [0.4, 0.5) is 0 Å². The number of nitrogens with zero attached hydrogens (tertiary/aromatic N) is 1. The van der Waals surface area contributed by atoms with E-state index in [4.69, 9.17) is 0 Å². The molecule has 1 rings (SSSR count). The molecule has 0 aromatic carbocycles. The van der Waals surface area contributed by atoms with Gasteiger partial charge in [0.15, 0.2) is 0 Å². The average Bonchev–Trinajstić information content (AvgIpc) is 1.72. The second-order valence-corrected chi connectivity index (χ2v) is 1.02. The molecule has 0 N–H and O–H groups in total. The average molecular weight is 76.9 g/mol. The van der Waals surface area contributed by atoms with Crippen molar-refractivity contribution >= 4 is 6.91 Å². The van der Waals surface area contributed by atoms with Gasteiger partial charge in [-0.2, -0.15) is 0 Å². The first kappa shape index (κ1) is 3.53. The van der Waals surface area contributed by atoms with E-state index in [0.29, 0.717) is 0 Å². The van der Waals surface area contributed by atoms with E-state index in [2.05, 4.69) is 4.98 Å². The van der Waals surface area contributed by atoms with Gasteiger partial charge in [-0.15, -0.1) is 0 Å². The van der Waals surface area contributed by atoms with Crippen LogP contribution in [0.1, 0.15) is 0 Å². The van der Waals surface area contributed by atoms with Gasteiger partial charge in [0.05, 0.1) is 0 Å². The molecule has 0 saturated heterocycles. The molecule has 0 radical (unpaired) electrons. The van der Waals surface area contributed by atoms with Crippen LogP contribution in [0.25, 0.3) is 0 Å². The molecule has 1 aromatic heterocycles. The first-order chi connectivity index (χ1) is 3.00. The molecule has 28 valence electrons. The van der Waals surface area contributed by atoms with Crippen molar-refractivity contribution in [1.82, 2.24) is 4.98 Å². The molecule has 0 spiro atoms. The maximum absolute atomic E-state index is 3.78. The van der Waals surface area contributed by atoms with Crippen molar-refractivity contribution in [2.24, 2.45) is 0 Å². The SMILES string of the molecule is b1cccnc1. The van der Waals surface area contributed by atoms with Crippen LogP contribution in [0.5, 0.6) is 0 Å². The Kier molecular flexibility index (Phi) is 1.00. The van der Waals surface area contributed by atoms with Crippen LogP contribution in [0.15, 0.2) is 24.3 Å². The van der Waals surface area contributed by atoms with Gasteiger partial charge in [0.2, 0.25) is 0 Å². The zero-order valence-corrected chi connectivity index (χ0v) is 3.33. The minimum absolute atomic E-state index is 1.75. The third kappa shape index (κ3) is 0.644. The molecule has 0 aliphatic carbocycles. The van der Waals surface area contributed by atoms with Crippen molar-refractivity contribution in [2.45, 2.75) is 0 Å². The molecule has 6 heavy (non-hydrogen) atoms. The summed E-state index contributed by atoms with van der Waals surface area (Å²) in [5.74, 6) is 1.94. The van der Waals surface area contributed by atoms with E-state index in [1.54, 1.807) is 12.3 Å². The van der Waals surface area contributed by atoms with Gasteiger partial charge in [-0.25, -0.2) is 0 Å². The molecule has 0 atom stereocenters. The Labute approximate surface area is 37.3 Å². The molecule has 2 heteroatoms. The predicted molar refractivity (Wildman–Crippen MR) is 25.6 cm³/mol. The summed E-state index contributed by atoms with van der Waals surface area (Å²) in [6.07, 6.45) is 3.50. The fraction of sp³-hybridized carbons (Fsp3) is 0. The third-order valence-corrected chi connectivity index (χ3v) is 0.566. The summed E-state index contributed by atoms with van der Waals surface area (Å²) in [5.41, 5.74) is 0. The summed E-state index contributed by atoms with van der Waals surface area (Å²) in [4.78, 5) is 3.78. The fourth-order valence-corrected chi connectivity index (χ4v) is 0.313. The van der Waals surface area contributed by atoms with E-state index in [9.17, 15) is 0 Å². The Morgan fingerprint density at radius 3 is 2.67 bits per heavy atom. The van der Waals surface area contributed by atoms with Crippen LogP contribution in [-0.4, -0.2) is 11.9 Å². The standard InChI is InChI=1S/C4H4BN/c1-2-5-4-6-3-1/h1-4H. The number of hydrogen-bond acceptors (Lipinski definition) is 1. The van der Waals surface area contributed by atoms with Crippen molar-refractivity contribution in [3.8, 4) is 0 Å². The molecule has 0 unspecified atom stereocenters. The summed E-state index contributed by atoms with van der Waals surface area (Å²) in [6.45, 7) is 1.89. The van der Waals surface area contributed by atoms with E-state index < -0.39 is 0 Å². The molecule has 1 nitrogen and oxygen atoms in total. The molecular formula is C4H4BN. The Bertz CT molecular complexity index is 79.5. The van der Waals surface area contributed by atoms with Gasteiger partial charge < -0.3 is 0 Å². The molecule has 0 aliphatic heterocycles. The molecule has 0 saturated carbocycles.